The number of aromatic nitrogens is 1. The summed E-state index contributed by atoms with van der Waals surface area (Å²) in [5.74, 6) is -0.293. The van der Waals surface area contributed by atoms with Gasteiger partial charge >= 0.3 is 0 Å². The predicted octanol–water partition coefficient (Wildman–Crippen LogP) is 3.29. The van der Waals surface area contributed by atoms with E-state index in [1.54, 1.807) is 6.20 Å². The van der Waals surface area contributed by atoms with Crippen LogP contribution in [0.3, 0.4) is 0 Å². The molecule has 0 aliphatic carbocycles. The molecule has 2 rings (SSSR count). The van der Waals surface area contributed by atoms with E-state index >= 15 is 0 Å². The highest BCUT2D eigenvalue weighted by atomic mass is 19.1. The Morgan fingerprint density at radius 3 is 2.42 bits per heavy atom. The van der Waals surface area contributed by atoms with Gasteiger partial charge in [0.1, 0.15) is 5.82 Å². The Morgan fingerprint density at radius 2 is 1.84 bits per heavy atom. The number of hydrogen-bond donors (Lipinski definition) is 1. The van der Waals surface area contributed by atoms with E-state index in [-0.39, 0.29) is 11.9 Å². The van der Waals surface area contributed by atoms with Crippen LogP contribution in [0, 0.1) is 5.82 Å². The van der Waals surface area contributed by atoms with Crippen LogP contribution < -0.4 is 5.32 Å². The summed E-state index contributed by atoms with van der Waals surface area (Å²) in [5, 5.41) is 3.22. The highest BCUT2D eigenvalue weighted by Gasteiger charge is 2.11. The highest BCUT2D eigenvalue weighted by molar-refractivity contribution is 5.25. The molecule has 2 nitrogen and oxygen atoms in total. The Hall–Kier alpha value is -1.74. The molecule has 0 aliphatic rings. The van der Waals surface area contributed by atoms with Crippen molar-refractivity contribution in [2.75, 3.05) is 7.05 Å². The van der Waals surface area contributed by atoms with Crippen LogP contribution in [0.2, 0.25) is 0 Å². The summed E-state index contributed by atoms with van der Waals surface area (Å²) in [5.41, 5.74) is 3.44. The first kappa shape index (κ1) is 13.7. The monoisotopic (exact) mass is 258 g/mol. The molecule has 2 aromatic rings. The third-order valence-electron chi connectivity index (χ3n) is 3.35. The first-order valence-corrected chi connectivity index (χ1v) is 6.58. The fourth-order valence-corrected chi connectivity index (χ4v) is 2.15. The molecule has 0 radical (unpaired) electrons. The van der Waals surface area contributed by atoms with Crippen LogP contribution in [-0.2, 0) is 12.8 Å². The number of likely N-dealkylation sites (N-methyl/N-ethyl adjacent to an activating group) is 1. The molecule has 100 valence electrons. The minimum atomic E-state index is -0.293. The van der Waals surface area contributed by atoms with Gasteiger partial charge in [0, 0.05) is 12.2 Å². The van der Waals surface area contributed by atoms with Crippen molar-refractivity contribution in [3.8, 4) is 0 Å². The maximum absolute atomic E-state index is 13.2. The second kappa shape index (κ2) is 6.43. The van der Waals surface area contributed by atoms with Crippen molar-refractivity contribution in [1.29, 1.82) is 0 Å². The van der Waals surface area contributed by atoms with Gasteiger partial charge in [0.25, 0.3) is 0 Å². The lowest BCUT2D eigenvalue weighted by atomic mass is 9.99. The molecule has 1 aromatic carbocycles. The zero-order valence-electron chi connectivity index (χ0n) is 11.4. The second-order valence-corrected chi connectivity index (χ2v) is 4.65. The normalized spacial score (nSPS) is 12.4. The molecule has 0 fully saturated rings. The fourth-order valence-electron chi connectivity index (χ4n) is 2.15. The van der Waals surface area contributed by atoms with E-state index in [2.05, 4.69) is 41.5 Å². The van der Waals surface area contributed by atoms with E-state index in [0.29, 0.717) is 0 Å². The summed E-state index contributed by atoms with van der Waals surface area (Å²) in [6.45, 7) is 2.14. The number of aryl methyl sites for hydroxylation is 1. The quantitative estimate of drug-likeness (QED) is 0.890. The molecule has 0 bridgehead atoms. The van der Waals surface area contributed by atoms with E-state index in [9.17, 15) is 4.39 Å². The lowest BCUT2D eigenvalue weighted by Gasteiger charge is -2.16. The van der Waals surface area contributed by atoms with Crippen LogP contribution in [0.1, 0.15) is 29.7 Å². The summed E-state index contributed by atoms with van der Waals surface area (Å²) in [6.07, 6.45) is 4.81. The van der Waals surface area contributed by atoms with Crippen LogP contribution in [0.5, 0.6) is 0 Å². The number of hydrogen-bond acceptors (Lipinski definition) is 2. The first-order valence-electron chi connectivity index (χ1n) is 6.58. The van der Waals surface area contributed by atoms with Gasteiger partial charge in [-0.2, -0.15) is 0 Å². The number of halogens is 1. The summed E-state index contributed by atoms with van der Waals surface area (Å²) in [7, 11) is 1.88. The number of pyridine rings is 1. The Labute approximate surface area is 113 Å². The lowest BCUT2D eigenvalue weighted by molar-refractivity contribution is 0.572. The second-order valence-electron chi connectivity index (χ2n) is 4.65. The van der Waals surface area contributed by atoms with Gasteiger partial charge in [-0.15, -0.1) is 0 Å². The summed E-state index contributed by atoms with van der Waals surface area (Å²) in [6, 6.07) is 10.2. The minimum absolute atomic E-state index is 0.0793. The van der Waals surface area contributed by atoms with Crippen molar-refractivity contribution < 1.29 is 4.39 Å². The molecule has 0 saturated heterocycles. The minimum Gasteiger partial charge on any atom is -0.313 e. The zero-order chi connectivity index (χ0) is 13.7. The molecular weight excluding hydrogens is 239 g/mol. The molecule has 1 unspecified atom stereocenters. The van der Waals surface area contributed by atoms with E-state index < -0.39 is 0 Å². The Bertz CT molecular complexity index is 523. The third-order valence-corrected chi connectivity index (χ3v) is 3.35. The number of nitrogens with one attached hydrogen (secondary N) is 1. The Kier molecular flexibility index (Phi) is 4.63. The molecule has 0 aliphatic heterocycles. The summed E-state index contributed by atoms with van der Waals surface area (Å²) in [4.78, 5) is 3.91. The topological polar surface area (TPSA) is 24.9 Å². The van der Waals surface area contributed by atoms with Crippen molar-refractivity contribution in [2.45, 2.75) is 25.8 Å². The van der Waals surface area contributed by atoms with Gasteiger partial charge in [0.2, 0.25) is 0 Å². The maximum Gasteiger partial charge on any atom is 0.141 e. The average Bonchev–Trinajstić information content (AvgIpc) is 2.45. The molecular formula is C16H19FN2. The van der Waals surface area contributed by atoms with E-state index in [0.717, 1.165) is 18.4 Å². The number of benzene rings is 1. The zero-order valence-corrected chi connectivity index (χ0v) is 11.4. The van der Waals surface area contributed by atoms with Crippen LogP contribution in [0.25, 0.3) is 0 Å². The van der Waals surface area contributed by atoms with Gasteiger partial charge in [-0.05, 0) is 42.6 Å². The van der Waals surface area contributed by atoms with E-state index in [1.807, 2.05) is 7.05 Å². The lowest BCUT2D eigenvalue weighted by Crippen LogP contribution is -2.19. The van der Waals surface area contributed by atoms with Crippen LogP contribution in [-0.4, -0.2) is 12.0 Å². The van der Waals surface area contributed by atoms with Crippen LogP contribution in [0.4, 0.5) is 4.39 Å². The van der Waals surface area contributed by atoms with Crippen molar-refractivity contribution in [1.82, 2.24) is 10.3 Å². The van der Waals surface area contributed by atoms with Gasteiger partial charge < -0.3 is 5.32 Å². The molecule has 1 heterocycles. The van der Waals surface area contributed by atoms with Gasteiger partial charge in [-0.1, -0.05) is 31.2 Å². The standard InChI is InChI=1S/C16H19FN2/c1-3-12-4-6-13(7-5-12)8-16(18-2)14-9-15(17)11-19-10-14/h4-7,9-11,16,18H,3,8H2,1-2H3. The summed E-state index contributed by atoms with van der Waals surface area (Å²) < 4.78 is 13.2. The van der Waals surface area contributed by atoms with Crippen molar-refractivity contribution in [3.05, 3.63) is 65.2 Å². The molecule has 1 aromatic heterocycles. The van der Waals surface area contributed by atoms with Gasteiger partial charge in [0.05, 0.1) is 6.20 Å². The average molecular weight is 258 g/mol. The maximum atomic E-state index is 13.2. The van der Waals surface area contributed by atoms with E-state index in [1.165, 1.54) is 23.4 Å². The largest absolute Gasteiger partial charge is 0.313 e. The highest BCUT2D eigenvalue weighted by Crippen LogP contribution is 2.18. The molecule has 0 amide bonds. The molecule has 3 heteroatoms. The first-order chi connectivity index (χ1) is 9.22. The predicted molar refractivity (Wildman–Crippen MR) is 75.5 cm³/mol. The molecule has 0 saturated carbocycles. The fraction of sp³-hybridized carbons (Fsp3) is 0.312. The molecule has 1 N–H and O–H groups in total. The van der Waals surface area contributed by atoms with E-state index in [4.69, 9.17) is 0 Å². The van der Waals surface area contributed by atoms with Crippen molar-refractivity contribution in [2.24, 2.45) is 0 Å². The van der Waals surface area contributed by atoms with Crippen molar-refractivity contribution in [3.63, 3.8) is 0 Å². The smallest absolute Gasteiger partial charge is 0.141 e. The van der Waals surface area contributed by atoms with Crippen LogP contribution >= 0.6 is 0 Å². The SMILES string of the molecule is CCc1ccc(CC(NC)c2cncc(F)c2)cc1. The molecule has 1 atom stereocenters. The van der Waals surface area contributed by atoms with Crippen LogP contribution in [0.15, 0.2) is 42.7 Å². The number of rotatable bonds is 5. The van der Waals surface area contributed by atoms with Gasteiger partial charge in [0.15, 0.2) is 0 Å². The Balaban J connectivity index is 2.14. The van der Waals surface area contributed by atoms with Crippen molar-refractivity contribution >= 4 is 0 Å². The third kappa shape index (κ3) is 3.61. The molecule has 19 heavy (non-hydrogen) atoms. The molecule has 0 spiro atoms. The van der Waals surface area contributed by atoms with Gasteiger partial charge in [-0.25, -0.2) is 4.39 Å². The summed E-state index contributed by atoms with van der Waals surface area (Å²) >= 11 is 0. The number of nitrogens with zero attached hydrogens (tertiary/aromatic N) is 1. The Morgan fingerprint density at radius 1 is 1.16 bits per heavy atom. The van der Waals surface area contributed by atoms with Gasteiger partial charge in [-0.3, -0.25) is 4.98 Å².